The molecule has 15 heavy (non-hydrogen) atoms. The van der Waals surface area contributed by atoms with Crippen molar-refractivity contribution in [3.05, 3.63) is 22.9 Å². The second-order valence-corrected chi connectivity index (χ2v) is 3.48. The minimum Gasteiger partial charge on any atom is -0.390 e. The first kappa shape index (κ1) is 12.0. The van der Waals surface area contributed by atoms with E-state index in [9.17, 15) is 9.90 Å². The summed E-state index contributed by atoms with van der Waals surface area (Å²) in [5, 5.41) is 12.6. The molecule has 1 atom stereocenters. The summed E-state index contributed by atoms with van der Waals surface area (Å²) >= 11 is 0. The van der Waals surface area contributed by atoms with Gasteiger partial charge in [0.15, 0.2) is 0 Å². The predicted octanol–water partition coefficient (Wildman–Crippen LogP) is -0.360. The van der Waals surface area contributed by atoms with Gasteiger partial charge in [0.05, 0.1) is 12.6 Å². The largest absolute Gasteiger partial charge is 0.390 e. The fourth-order valence-corrected chi connectivity index (χ4v) is 1.44. The Kier molecular flexibility index (Phi) is 4.58. The molecule has 1 aromatic rings. The third-order valence-electron chi connectivity index (χ3n) is 2.30. The van der Waals surface area contributed by atoms with E-state index in [0.717, 1.165) is 6.54 Å². The molecule has 1 aromatic heterocycles. The topological polar surface area (TPSA) is 59.2 Å². The lowest BCUT2D eigenvalue weighted by Crippen LogP contribution is -2.34. The summed E-state index contributed by atoms with van der Waals surface area (Å²) < 4.78 is 3.14. The number of hydrogen-bond donors (Lipinski definition) is 2. The standard InChI is InChI=1S/C10H19N3O2/c1-3-11-7-9(14)8-13-6-5-12(4-2)10(13)15/h5-6,9,11,14H,3-4,7-8H2,1-2H3. The lowest BCUT2D eigenvalue weighted by molar-refractivity contribution is 0.150. The molecule has 0 saturated heterocycles. The van der Waals surface area contributed by atoms with Crippen LogP contribution in [0.25, 0.3) is 0 Å². The number of aliphatic hydroxyl groups is 1. The Labute approximate surface area is 89.3 Å². The second-order valence-electron chi connectivity index (χ2n) is 3.48. The summed E-state index contributed by atoms with van der Waals surface area (Å²) in [4.78, 5) is 11.6. The van der Waals surface area contributed by atoms with Crippen molar-refractivity contribution in [1.82, 2.24) is 14.5 Å². The lowest BCUT2D eigenvalue weighted by atomic mass is 10.3. The van der Waals surface area contributed by atoms with Gasteiger partial charge in [-0.05, 0) is 13.5 Å². The molecular weight excluding hydrogens is 194 g/mol. The lowest BCUT2D eigenvalue weighted by Gasteiger charge is -2.10. The maximum Gasteiger partial charge on any atom is 0.328 e. The first-order valence-corrected chi connectivity index (χ1v) is 5.33. The van der Waals surface area contributed by atoms with Crippen LogP contribution in [-0.2, 0) is 13.1 Å². The molecule has 0 bridgehead atoms. The summed E-state index contributed by atoms with van der Waals surface area (Å²) in [6.07, 6.45) is 2.93. The molecule has 0 fully saturated rings. The SMILES string of the molecule is CCNCC(O)Cn1ccn(CC)c1=O. The number of imidazole rings is 1. The molecular formula is C10H19N3O2. The van der Waals surface area contributed by atoms with Crippen LogP contribution in [-0.4, -0.2) is 33.4 Å². The molecule has 1 unspecified atom stereocenters. The summed E-state index contributed by atoms with van der Waals surface area (Å²) in [6.45, 7) is 6.24. The number of rotatable bonds is 6. The van der Waals surface area contributed by atoms with Crippen LogP contribution in [0, 0.1) is 0 Å². The number of likely N-dealkylation sites (N-methyl/N-ethyl adjacent to an activating group) is 1. The molecule has 0 aromatic carbocycles. The molecule has 0 amide bonds. The van der Waals surface area contributed by atoms with Crippen LogP contribution in [0.2, 0.25) is 0 Å². The van der Waals surface area contributed by atoms with Gasteiger partial charge in [0.25, 0.3) is 0 Å². The average molecular weight is 213 g/mol. The highest BCUT2D eigenvalue weighted by molar-refractivity contribution is 4.82. The summed E-state index contributed by atoms with van der Waals surface area (Å²) in [5.41, 5.74) is -0.0620. The Morgan fingerprint density at radius 1 is 1.40 bits per heavy atom. The van der Waals surface area contributed by atoms with Crippen molar-refractivity contribution in [1.29, 1.82) is 0 Å². The number of aliphatic hydroxyl groups excluding tert-OH is 1. The molecule has 0 aliphatic carbocycles. The number of hydrogen-bond acceptors (Lipinski definition) is 3. The molecule has 0 aliphatic heterocycles. The van der Waals surface area contributed by atoms with Gasteiger partial charge in [-0.15, -0.1) is 0 Å². The molecule has 0 saturated carbocycles. The Morgan fingerprint density at radius 3 is 2.60 bits per heavy atom. The molecule has 1 rings (SSSR count). The second kappa shape index (κ2) is 5.72. The van der Waals surface area contributed by atoms with E-state index in [2.05, 4.69) is 5.32 Å². The highest BCUT2D eigenvalue weighted by Crippen LogP contribution is 1.90. The maximum absolute atomic E-state index is 11.6. The van der Waals surface area contributed by atoms with Crippen molar-refractivity contribution in [2.45, 2.75) is 33.0 Å². The van der Waals surface area contributed by atoms with Gasteiger partial charge in [0, 0.05) is 25.5 Å². The molecule has 5 heteroatoms. The van der Waals surface area contributed by atoms with E-state index < -0.39 is 6.10 Å². The van der Waals surface area contributed by atoms with E-state index in [1.165, 1.54) is 4.57 Å². The van der Waals surface area contributed by atoms with Crippen molar-refractivity contribution < 1.29 is 5.11 Å². The molecule has 0 radical (unpaired) electrons. The molecule has 0 spiro atoms. The third kappa shape index (κ3) is 3.21. The first-order valence-electron chi connectivity index (χ1n) is 5.33. The van der Waals surface area contributed by atoms with Gasteiger partial charge >= 0.3 is 5.69 Å². The van der Waals surface area contributed by atoms with Gasteiger partial charge in [0.1, 0.15) is 0 Å². The number of aryl methyl sites for hydroxylation is 1. The van der Waals surface area contributed by atoms with Gasteiger partial charge in [-0.3, -0.25) is 9.13 Å². The van der Waals surface area contributed by atoms with Crippen LogP contribution in [0.4, 0.5) is 0 Å². The van der Waals surface area contributed by atoms with Crippen molar-refractivity contribution in [3.8, 4) is 0 Å². The first-order chi connectivity index (χ1) is 7.19. The Morgan fingerprint density at radius 2 is 2.07 bits per heavy atom. The van der Waals surface area contributed by atoms with E-state index in [1.807, 2.05) is 13.8 Å². The van der Waals surface area contributed by atoms with Crippen LogP contribution < -0.4 is 11.0 Å². The predicted molar refractivity (Wildman–Crippen MR) is 58.9 cm³/mol. The van der Waals surface area contributed by atoms with Gasteiger partial charge in [0.2, 0.25) is 0 Å². The minimum atomic E-state index is -0.518. The molecule has 2 N–H and O–H groups in total. The van der Waals surface area contributed by atoms with E-state index in [1.54, 1.807) is 17.0 Å². The van der Waals surface area contributed by atoms with Crippen LogP contribution in [0.5, 0.6) is 0 Å². The van der Waals surface area contributed by atoms with E-state index in [4.69, 9.17) is 0 Å². The zero-order chi connectivity index (χ0) is 11.3. The fraction of sp³-hybridized carbons (Fsp3) is 0.700. The summed E-state index contributed by atoms with van der Waals surface area (Å²) in [7, 11) is 0. The zero-order valence-electron chi connectivity index (χ0n) is 9.31. The molecule has 5 nitrogen and oxygen atoms in total. The fourth-order valence-electron chi connectivity index (χ4n) is 1.44. The van der Waals surface area contributed by atoms with E-state index in [-0.39, 0.29) is 5.69 Å². The van der Waals surface area contributed by atoms with Crippen LogP contribution in [0.15, 0.2) is 17.2 Å². The van der Waals surface area contributed by atoms with Crippen molar-refractivity contribution in [2.24, 2.45) is 0 Å². The quantitative estimate of drug-likeness (QED) is 0.678. The molecule has 1 heterocycles. The van der Waals surface area contributed by atoms with E-state index >= 15 is 0 Å². The average Bonchev–Trinajstić information content (AvgIpc) is 2.57. The summed E-state index contributed by atoms with van der Waals surface area (Å²) in [5.74, 6) is 0. The van der Waals surface area contributed by atoms with Gasteiger partial charge in [-0.1, -0.05) is 6.92 Å². The number of nitrogens with one attached hydrogen (secondary N) is 1. The Balaban J connectivity index is 2.56. The van der Waals surface area contributed by atoms with Crippen molar-refractivity contribution >= 4 is 0 Å². The smallest absolute Gasteiger partial charge is 0.328 e. The van der Waals surface area contributed by atoms with Gasteiger partial charge in [-0.25, -0.2) is 4.79 Å². The monoisotopic (exact) mass is 213 g/mol. The molecule has 0 aliphatic rings. The number of aromatic nitrogens is 2. The van der Waals surface area contributed by atoms with Crippen molar-refractivity contribution in [2.75, 3.05) is 13.1 Å². The maximum atomic E-state index is 11.6. The highest BCUT2D eigenvalue weighted by Gasteiger charge is 2.07. The van der Waals surface area contributed by atoms with Gasteiger partial charge in [-0.2, -0.15) is 0 Å². The van der Waals surface area contributed by atoms with E-state index in [0.29, 0.717) is 19.6 Å². The minimum absolute atomic E-state index is 0.0620. The highest BCUT2D eigenvalue weighted by atomic mass is 16.3. The zero-order valence-corrected chi connectivity index (χ0v) is 9.31. The van der Waals surface area contributed by atoms with Crippen LogP contribution in [0.1, 0.15) is 13.8 Å². The number of nitrogens with zero attached hydrogens (tertiary/aromatic N) is 2. The van der Waals surface area contributed by atoms with Crippen LogP contribution >= 0.6 is 0 Å². The summed E-state index contributed by atoms with van der Waals surface area (Å²) in [6, 6.07) is 0. The Bertz CT molecular complexity index is 343. The molecule has 86 valence electrons. The van der Waals surface area contributed by atoms with Gasteiger partial charge < -0.3 is 10.4 Å². The normalized spacial score (nSPS) is 13.0. The van der Waals surface area contributed by atoms with Crippen molar-refractivity contribution in [3.63, 3.8) is 0 Å². The third-order valence-corrected chi connectivity index (χ3v) is 2.30. The van der Waals surface area contributed by atoms with Crippen LogP contribution in [0.3, 0.4) is 0 Å². The Hall–Kier alpha value is -1.07.